The van der Waals surface area contributed by atoms with Gasteiger partial charge in [0.15, 0.2) is 0 Å². The van der Waals surface area contributed by atoms with Crippen LogP contribution in [-0.4, -0.2) is 0 Å². The Balaban J connectivity index is 2.34. The zero-order chi connectivity index (χ0) is 8.77. The van der Waals surface area contributed by atoms with Crippen molar-refractivity contribution >= 4 is 0 Å². The van der Waals surface area contributed by atoms with Crippen LogP contribution in [0.4, 0.5) is 0 Å². The summed E-state index contributed by atoms with van der Waals surface area (Å²) in [6.07, 6.45) is 0. The first-order valence-electron chi connectivity index (χ1n) is 4.73. The zero-order valence-electron chi connectivity index (χ0n) is 8.04. The molecule has 1 aromatic carbocycles. The van der Waals surface area contributed by atoms with Crippen molar-refractivity contribution in [3.8, 4) is 0 Å². The van der Waals surface area contributed by atoms with Crippen LogP contribution in [0.1, 0.15) is 26.3 Å². The first-order valence-corrected chi connectivity index (χ1v) is 4.73. The van der Waals surface area contributed by atoms with Gasteiger partial charge >= 0.3 is 0 Å². The summed E-state index contributed by atoms with van der Waals surface area (Å²) in [7, 11) is 0. The van der Waals surface area contributed by atoms with Crippen molar-refractivity contribution in [1.29, 1.82) is 0 Å². The summed E-state index contributed by atoms with van der Waals surface area (Å²) in [5.74, 6) is 1.69. The maximum Gasteiger partial charge on any atom is -0.00184 e. The van der Waals surface area contributed by atoms with Gasteiger partial charge in [-0.3, -0.25) is 0 Å². The third kappa shape index (κ3) is 0.841. The lowest BCUT2D eigenvalue weighted by Gasteiger charge is -2.10. The topological polar surface area (TPSA) is 0 Å². The fourth-order valence-electron chi connectivity index (χ4n) is 2.31. The van der Waals surface area contributed by atoms with Gasteiger partial charge in [0.05, 0.1) is 0 Å². The van der Waals surface area contributed by atoms with Crippen molar-refractivity contribution in [3.63, 3.8) is 0 Å². The predicted octanol–water partition coefficient (Wildman–Crippen LogP) is 3.23. The van der Waals surface area contributed by atoms with E-state index in [-0.39, 0.29) is 0 Å². The Morgan fingerprint density at radius 2 is 1.50 bits per heavy atom. The summed E-state index contributed by atoms with van der Waals surface area (Å²) in [6, 6.07) is 10.9. The van der Waals surface area contributed by atoms with Crippen molar-refractivity contribution in [2.24, 2.45) is 11.8 Å². The smallest absolute Gasteiger partial charge is 0.00184 e. The maximum atomic E-state index is 2.37. The molecule has 0 spiro atoms. The van der Waals surface area contributed by atoms with Crippen LogP contribution in [0.5, 0.6) is 0 Å². The van der Waals surface area contributed by atoms with Crippen LogP contribution in [0.15, 0.2) is 30.3 Å². The first kappa shape index (κ1) is 7.85. The first-order chi connectivity index (χ1) is 5.67. The fourth-order valence-corrected chi connectivity index (χ4v) is 2.31. The van der Waals surface area contributed by atoms with Crippen LogP contribution in [0.3, 0.4) is 0 Å². The average Bonchev–Trinajstić information content (AvgIpc) is 2.60. The van der Waals surface area contributed by atoms with Crippen molar-refractivity contribution in [2.45, 2.75) is 26.2 Å². The highest BCUT2D eigenvalue weighted by molar-refractivity contribution is 5.33. The zero-order valence-corrected chi connectivity index (χ0v) is 8.04. The van der Waals surface area contributed by atoms with Crippen LogP contribution in [-0.2, 0) is 5.41 Å². The molecule has 1 saturated carbocycles. The lowest BCUT2D eigenvalue weighted by molar-refractivity contribution is 0.680. The van der Waals surface area contributed by atoms with E-state index in [2.05, 4.69) is 51.1 Å². The highest BCUT2D eigenvalue weighted by atomic mass is 14.6. The SMILES string of the molecule is CC1C(C)C1(C)c1ccccc1. The summed E-state index contributed by atoms with van der Waals surface area (Å²) in [4.78, 5) is 0. The van der Waals surface area contributed by atoms with E-state index in [0.29, 0.717) is 5.41 Å². The second kappa shape index (κ2) is 2.35. The third-order valence-electron chi connectivity index (χ3n) is 3.93. The van der Waals surface area contributed by atoms with E-state index in [1.807, 2.05) is 0 Å². The summed E-state index contributed by atoms with van der Waals surface area (Å²) in [5.41, 5.74) is 1.96. The second-order valence-corrected chi connectivity index (χ2v) is 4.23. The van der Waals surface area contributed by atoms with Gasteiger partial charge in [0, 0.05) is 0 Å². The van der Waals surface area contributed by atoms with E-state index in [0.717, 1.165) is 11.8 Å². The highest BCUT2D eigenvalue weighted by Gasteiger charge is 2.55. The summed E-state index contributed by atoms with van der Waals surface area (Å²) < 4.78 is 0. The minimum atomic E-state index is 0.460. The normalized spacial score (nSPS) is 39.6. The van der Waals surface area contributed by atoms with Gasteiger partial charge in [-0.05, 0) is 22.8 Å². The van der Waals surface area contributed by atoms with Gasteiger partial charge in [-0.15, -0.1) is 0 Å². The van der Waals surface area contributed by atoms with Gasteiger partial charge in [-0.25, -0.2) is 0 Å². The summed E-state index contributed by atoms with van der Waals surface area (Å²) in [6.45, 7) is 7.06. The molecular weight excluding hydrogens is 144 g/mol. The third-order valence-corrected chi connectivity index (χ3v) is 3.93. The molecule has 0 aliphatic heterocycles. The van der Waals surface area contributed by atoms with E-state index < -0.39 is 0 Å². The summed E-state index contributed by atoms with van der Waals surface area (Å²) >= 11 is 0. The number of benzene rings is 1. The molecule has 1 aliphatic rings. The van der Waals surface area contributed by atoms with Gasteiger partial charge in [-0.1, -0.05) is 51.1 Å². The van der Waals surface area contributed by atoms with E-state index in [9.17, 15) is 0 Å². The quantitative estimate of drug-likeness (QED) is 0.591. The lowest BCUT2D eigenvalue weighted by atomic mass is 9.94. The molecule has 0 heteroatoms. The Morgan fingerprint density at radius 3 is 1.92 bits per heavy atom. The molecule has 0 amide bonds. The largest absolute Gasteiger partial charge is 0.0622 e. The monoisotopic (exact) mass is 160 g/mol. The van der Waals surface area contributed by atoms with Crippen molar-refractivity contribution in [1.82, 2.24) is 0 Å². The Bertz CT molecular complexity index is 265. The van der Waals surface area contributed by atoms with Crippen LogP contribution >= 0.6 is 0 Å². The van der Waals surface area contributed by atoms with Crippen molar-refractivity contribution < 1.29 is 0 Å². The number of hydrogen-bond acceptors (Lipinski definition) is 0. The van der Waals surface area contributed by atoms with Gasteiger partial charge in [0.2, 0.25) is 0 Å². The standard InChI is InChI=1S/C12H16/c1-9-10(2)12(9,3)11-7-5-4-6-8-11/h4-10H,1-3H3. The number of hydrogen-bond donors (Lipinski definition) is 0. The van der Waals surface area contributed by atoms with Crippen LogP contribution in [0, 0.1) is 11.8 Å². The molecule has 0 bridgehead atoms. The molecule has 0 aromatic heterocycles. The van der Waals surface area contributed by atoms with Gasteiger partial charge in [-0.2, -0.15) is 0 Å². The molecule has 1 aliphatic carbocycles. The van der Waals surface area contributed by atoms with E-state index >= 15 is 0 Å². The Morgan fingerprint density at radius 1 is 1.00 bits per heavy atom. The molecule has 64 valence electrons. The molecule has 1 fully saturated rings. The highest BCUT2D eigenvalue weighted by Crippen LogP contribution is 2.58. The molecule has 2 rings (SSSR count). The molecule has 2 unspecified atom stereocenters. The molecule has 0 radical (unpaired) electrons. The fraction of sp³-hybridized carbons (Fsp3) is 0.500. The predicted molar refractivity (Wildman–Crippen MR) is 52.1 cm³/mol. The Hall–Kier alpha value is -0.780. The molecule has 1 aromatic rings. The maximum absolute atomic E-state index is 2.37. The van der Waals surface area contributed by atoms with Crippen molar-refractivity contribution in [2.75, 3.05) is 0 Å². The molecule has 0 heterocycles. The number of rotatable bonds is 1. The second-order valence-electron chi connectivity index (χ2n) is 4.23. The van der Waals surface area contributed by atoms with Gasteiger partial charge in [0.25, 0.3) is 0 Å². The molecule has 12 heavy (non-hydrogen) atoms. The molecule has 0 nitrogen and oxygen atoms in total. The minimum absolute atomic E-state index is 0.460. The van der Waals surface area contributed by atoms with E-state index in [1.54, 1.807) is 0 Å². The van der Waals surface area contributed by atoms with E-state index in [4.69, 9.17) is 0 Å². The Kier molecular flexibility index (Phi) is 1.54. The average molecular weight is 160 g/mol. The van der Waals surface area contributed by atoms with Gasteiger partial charge < -0.3 is 0 Å². The minimum Gasteiger partial charge on any atom is -0.0622 e. The van der Waals surface area contributed by atoms with Crippen molar-refractivity contribution in [3.05, 3.63) is 35.9 Å². The van der Waals surface area contributed by atoms with Crippen LogP contribution < -0.4 is 0 Å². The molecule has 0 saturated heterocycles. The van der Waals surface area contributed by atoms with E-state index in [1.165, 1.54) is 5.56 Å². The summed E-state index contributed by atoms with van der Waals surface area (Å²) in [5, 5.41) is 0. The van der Waals surface area contributed by atoms with Crippen LogP contribution in [0.25, 0.3) is 0 Å². The molecular formula is C12H16. The lowest BCUT2D eigenvalue weighted by Crippen LogP contribution is -2.03. The van der Waals surface area contributed by atoms with Crippen LogP contribution in [0.2, 0.25) is 0 Å². The Labute approximate surface area is 74.6 Å². The molecule has 0 N–H and O–H groups in total. The van der Waals surface area contributed by atoms with Gasteiger partial charge in [0.1, 0.15) is 0 Å². The molecule has 2 atom stereocenters.